The van der Waals surface area contributed by atoms with Crippen molar-refractivity contribution >= 4 is 5.57 Å². The quantitative estimate of drug-likeness (QED) is 0.185. The Bertz CT molecular complexity index is 2080. The van der Waals surface area contributed by atoms with Gasteiger partial charge < -0.3 is 0 Å². The molecule has 0 atom stereocenters. The van der Waals surface area contributed by atoms with Gasteiger partial charge in [0, 0.05) is 22.1 Å². The van der Waals surface area contributed by atoms with E-state index in [4.69, 9.17) is 15.0 Å². The van der Waals surface area contributed by atoms with Gasteiger partial charge in [-0.2, -0.15) is 0 Å². The lowest BCUT2D eigenvalue weighted by atomic mass is 9.80. The molecule has 3 nitrogen and oxygen atoms in total. The maximum Gasteiger partial charge on any atom is 0.164 e. The minimum Gasteiger partial charge on any atom is -0.208 e. The molecule has 0 bridgehead atoms. The van der Waals surface area contributed by atoms with Gasteiger partial charge in [0.25, 0.3) is 0 Å². The van der Waals surface area contributed by atoms with Gasteiger partial charge in [-0.25, -0.2) is 15.0 Å². The topological polar surface area (TPSA) is 38.7 Å². The normalized spacial score (nSPS) is 13.6. The standard InChI is InChI=1S/C43H35N3/c1-5-15-38-36(6-2)37-25-24-34(28-39(37)43(38,3)4)32-21-13-20-31(26-32)33-22-14-23-35(27-33)42-45-40(29-16-9-7-10-17-29)44-41(46-42)30-18-11-8-12-19-30/h5-28H,2H2,1,3-4H3/b15-5-. The van der Waals surface area contributed by atoms with Gasteiger partial charge in [-0.3, -0.25) is 0 Å². The summed E-state index contributed by atoms with van der Waals surface area (Å²) in [6.07, 6.45) is 6.34. The van der Waals surface area contributed by atoms with Crippen LogP contribution >= 0.6 is 0 Å². The number of hydrogen-bond donors (Lipinski definition) is 0. The van der Waals surface area contributed by atoms with E-state index >= 15 is 0 Å². The number of hydrogen-bond acceptors (Lipinski definition) is 3. The third-order valence-electron chi connectivity index (χ3n) is 8.83. The summed E-state index contributed by atoms with van der Waals surface area (Å²) in [4.78, 5) is 14.7. The lowest BCUT2D eigenvalue weighted by Gasteiger charge is -2.23. The van der Waals surface area contributed by atoms with Crippen molar-refractivity contribution in [3.05, 3.63) is 169 Å². The van der Waals surface area contributed by atoms with Gasteiger partial charge >= 0.3 is 0 Å². The molecule has 222 valence electrons. The first-order chi connectivity index (χ1) is 22.5. The van der Waals surface area contributed by atoms with Gasteiger partial charge in [0.05, 0.1) is 0 Å². The Kier molecular flexibility index (Phi) is 7.60. The molecular formula is C43H35N3. The van der Waals surface area contributed by atoms with Gasteiger partial charge in [-0.05, 0) is 69.6 Å². The van der Waals surface area contributed by atoms with Crippen molar-refractivity contribution in [1.82, 2.24) is 15.0 Å². The van der Waals surface area contributed by atoms with Gasteiger partial charge in [-0.15, -0.1) is 0 Å². The lowest BCUT2D eigenvalue weighted by Crippen LogP contribution is -2.16. The smallest absolute Gasteiger partial charge is 0.164 e. The van der Waals surface area contributed by atoms with Crippen molar-refractivity contribution in [2.24, 2.45) is 0 Å². The highest BCUT2D eigenvalue weighted by Crippen LogP contribution is 2.48. The third kappa shape index (κ3) is 5.31. The van der Waals surface area contributed by atoms with E-state index < -0.39 is 0 Å². The second-order valence-electron chi connectivity index (χ2n) is 12.1. The van der Waals surface area contributed by atoms with Gasteiger partial charge in [0.15, 0.2) is 17.5 Å². The Morgan fingerprint density at radius 3 is 1.50 bits per heavy atom. The summed E-state index contributed by atoms with van der Waals surface area (Å²) in [7, 11) is 0. The molecule has 7 rings (SSSR count). The zero-order chi connectivity index (χ0) is 31.7. The maximum atomic E-state index is 4.94. The Morgan fingerprint density at radius 1 is 0.522 bits per heavy atom. The Hall–Kier alpha value is -5.67. The van der Waals surface area contributed by atoms with Crippen LogP contribution in [0.25, 0.3) is 62.0 Å². The fraction of sp³-hybridized carbons (Fsp3) is 0.0930. The molecule has 0 saturated heterocycles. The summed E-state index contributed by atoms with van der Waals surface area (Å²) in [5, 5.41) is 0. The molecule has 0 amide bonds. The van der Waals surface area contributed by atoms with E-state index in [1.165, 1.54) is 33.4 Å². The van der Waals surface area contributed by atoms with Crippen molar-refractivity contribution in [2.75, 3.05) is 0 Å². The molecule has 5 aromatic carbocycles. The van der Waals surface area contributed by atoms with Crippen LogP contribution in [-0.4, -0.2) is 15.0 Å². The summed E-state index contributed by atoms with van der Waals surface area (Å²) >= 11 is 0. The molecular weight excluding hydrogens is 558 g/mol. The van der Waals surface area contributed by atoms with Gasteiger partial charge in [-0.1, -0.05) is 148 Å². The van der Waals surface area contributed by atoms with Crippen molar-refractivity contribution < 1.29 is 0 Å². The predicted octanol–water partition coefficient (Wildman–Crippen LogP) is 11.0. The number of fused-ring (bicyclic) bond motifs is 1. The van der Waals surface area contributed by atoms with Crippen LogP contribution < -0.4 is 0 Å². The summed E-state index contributed by atoms with van der Waals surface area (Å²) < 4.78 is 0. The number of rotatable bonds is 7. The maximum absolute atomic E-state index is 4.94. The molecule has 0 N–H and O–H groups in total. The lowest BCUT2D eigenvalue weighted by molar-refractivity contribution is 0.654. The molecule has 0 saturated carbocycles. The molecule has 0 unspecified atom stereocenters. The van der Waals surface area contributed by atoms with Crippen LogP contribution in [0.1, 0.15) is 31.9 Å². The number of benzene rings is 5. The molecule has 0 spiro atoms. The summed E-state index contributed by atoms with van der Waals surface area (Å²) in [6.45, 7) is 10.8. The van der Waals surface area contributed by atoms with Gasteiger partial charge in [0.1, 0.15) is 0 Å². The fourth-order valence-electron chi connectivity index (χ4n) is 6.44. The zero-order valence-corrected chi connectivity index (χ0v) is 26.4. The monoisotopic (exact) mass is 593 g/mol. The number of aromatic nitrogens is 3. The van der Waals surface area contributed by atoms with E-state index in [0.29, 0.717) is 17.5 Å². The average molecular weight is 594 g/mol. The van der Waals surface area contributed by atoms with Crippen molar-refractivity contribution in [3.8, 4) is 56.4 Å². The minimum atomic E-state index is -0.102. The highest BCUT2D eigenvalue weighted by molar-refractivity contribution is 5.89. The van der Waals surface area contributed by atoms with Gasteiger partial charge in [0.2, 0.25) is 0 Å². The Balaban J connectivity index is 1.27. The molecule has 1 aliphatic rings. The largest absolute Gasteiger partial charge is 0.208 e. The third-order valence-corrected chi connectivity index (χ3v) is 8.83. The molecule has 3 heteroatoms. The average Bonchev–Trinajstić information content (AvgIpc) is 3.33. The van der Waals surface area contributed by atoms with Crippen molar-refractivity contribution in [3.63, 3.8) is 0 Å². The molecule has 0 fully saturated rings. The van der Waals surface area contributed by atoms with Crippen LogP contribution in [0.2, 0.25) is 0 Å². The van der Waals surface area contributed by atoms with Crippen LogP contribution in [0.15, 0.2) is 158 Å². The minimum absolute atomic E-state index is 0.102. The van der Waals surface area contributed by atoms with Crippen LogP contribution in [0.4, 0.5) is 0 Å². The Labute approximate surface area is 271 Å². The second kappa shape index (κ2) is 12.0. The summed E-state index contributed by atoms with van der Waals surface area (Å²) in [6, 6.07) is 44.2. The molecule has 1 heterocycles. The fourth-order valence-corrected chi connectivity index (χ4v) is 6.44. The summed E-state index contributed by atoms with van der Waals surface area (Å²) in [5.41, 5.74) is 12.5. The van der Waals surface area contributed by atoms with Crippen molar-refractivity contribution in [2.45, 2.75) is 26.2 Å². The molecule has 0 aliphatic heterocycles. The van der Waals surface area contributed by atoms with E-state index in [-0.39, 0.29) is 5.41 Å². The zero-order valence-electron chi connectivity index (χ0n) is 26.4. The van der Waals surface area contributed by atoms with E-state index in [9.17, 15) is 0 Å². The molecule has 1 aliphatic carbocycles. The van der Waals surface area contributed by atoms with E-state index in [1.54, 1.807) is 0 Å². The number of allylic oxidation sites excluding steroid dienone is 5. The first-order valence-electron chi connectivity index (χ1n) is 15.7. The predicted molar refractivity (Wildman–Crippen MR) is 192 cm³/mol. The molecule has 6 aromatic rings. The first kappa shape index (κ1) is 29.1. The van der Waals surface area contributed by atoms with E-state index in [1.807, 2.05) is 66.7 Å². The van der Waals surface area contributed by atoms with Crippen LogP contribution in [0.5, 0.6) is 0 Å². The van der Waals surface area contributed by atoms with E-state index in [0.717, 1.165) is 27.8 Å². The SMILES string of the molecule is C=CC1=C(/C=C\C)C(C)(C)c2cc(-c3cccc(-c4cccc(-c5nc(-c6ccccc6)nc(-c6ccccc6)n5)c4)c3)ccc21. The molecule has 46 heavy (non-hydrogen) atoms. The van der Waals surface area contributed by atoms with E-state index in [2.05, 4.69) is 106 Å². The number of nitrogens with zero attached hydrogens (tertiary/aromatic N) is 3. The summed E-state index contributed by atoms with van der Waals surface area (Å²) in [5.74, 6) is 1.96. The first-order valence-corrected chi connectivity index (χ1v) is 15.7. The highest BCUT2D eigenvalue weighted by Gasteiger charge is 2.35. The second-order valence-corrected chi connectivity index (χ2v) is 12.1. The van der Waals surface area contributed by atoms with Crippen molar-refractivity contribution in [1.29, 1.82) is 0 Å². The van der Waals surface area contributed by atoms with Crippen LogP contribution in [0.3, 0.4) is 0 Å². The Morgan fingerprint density at radius 2 is 0.978 bits per heavy atom. The van der Waals surface area contributed by atoms with Crippen LogP contribution in [0, 0.1) is 0 Å². The van der Waals surface area contributed by atoms with Crippen LogP contribution in [-0.2, 0) is 5.41 Å². The molecule has 0 radical (unpaired) electrons. The highest BCUT2D eigenvalue weighted by atomic mass is 15.0. The molecule has 1 aromatic heterocycles.